The highest BCUT2D eigenvalue weighted by atomic mass is 32.1. The standard InChI is InChI=1S/C9H5F3N2OS/c10-9(11,12)6-4-7(15)14-8(13-6)5-2-1-3-16-5/h1-4H,(H,13,14,15). The number of halogens is 3. The van der Waals surface area contributed by atoms with Gasteiger partial charge in [0.25, 0.3) is 5.56 Å². The largest absolute Gasteiger partial charge is 0.433 e. The first-order valence-electron chi connectivity index (χ1n) is 4.19. The molecule has 2 rings (SSSR count). The number of alkyl halides is 3. The molecule has 2 aromatic heterocycles. The zero-order chi connectivity index (χ0) is 11.8. The third-order valence-corrected chi connectivity index (χ3v) is 2.66. The number of aromatic nitrogens is 2. The monoisotopic (exact) mass is 246 g/mol. The molecule has 0 spiro atoms. The molecular weight excluding hydrogens is 241 g/mol. The summed E-state index contributed by atoms with van der Waals surface area (Å²) in [5, 5.41) is 1.69. The molecule has 2 aromatic rings. The summed E-state index contributed by atoms with van der Waals surface area (Å²) in [6, 6.07) is 3.69. The lowest BCUT2D eigenvalue weighted by molar-refractivity contribution is -0.141. The molecule has 0 amide bonds. The van der Waals surface area contributed by atoms with Gasteiger partial charge in [0.05, 0.1) is 4.88 Å². The van der Waals surface area contributed by atoms with Crippen molar-refractivity contribution in [3.05, 3.63) is 39.6 Å². The highest BCUT2D eigenvalue weighted by Crippen LogP contribution is 2.28. The summed E-state index contributed by atoms with van der Waals surface area (Å²) in [7, 11) is 0. The number of hydrogen-bond donors (Lipinski definition) is 1. The lowest BCUT2D eigenvalue weighted by atomic mass is 10.3. The van der Waals surface area contributed by atoms with Gasteiger partial charge in [-0.25, -0.2) is 4.98 Å². The van der Waals surface area contributed by atoms with Gasteiger partial charge in [-0.05, 0) is 11.4 Å². The summed E-state index contributed by atoms with van der Waals surface area (Å²) >= 11 is 1.20. The summed E-state index contributed by atoms with van der Waals surface area (Å²) in [6.07, 6.45) is -4.61. The van der Waals surface area contributed by atoms with Crippen molar-refractivity contribution >= 4 is 11.3 Å². The Hall–Kier alpha value is -1.63. The predicted octanol–water partition coefficient (Wildman–Crippen LogP) is 2.52. The minimum Gasteiger partial charge on any atom is -0.306 e. The number of aromatic amines is 1. The molecule has 0 unspecified atom stereocenters. The number of nitrogens with zero attached hydrogens (tertiary/aromatic N) is 1. The molecule has 84 valence electrons. The third kappa shape index (κ3) is 2.13. The van der Waals surface area contributed by atoms with Crippen LogP contribution in [0.1, 0.15) is 5.69 Å². The second-order valence-corrected chi connectivity index (χ2v) is 3.90. The first kappa shape index (κ1) is 10.9. The summed E-state index contributed by atoms with van der Waals surface area (Å²) in [5.41, 5.74) is -2.00. The van der Waals surface area contributed by atoms with Crippen molar-refractivity contribution in [1.82, 2.24) is 9.97 Å². The van der Waals surface area contributed by atoms with E-state index >= 15 is 0 Å². The fourth-order valence-corrected chi connectivity index (χ4v) is 1.80. The third-order valence-electron chi connectivity index (χ3n) is 1.79. The molecule has 3 nitrogen and oxygen atoms in total. The number of hydrogen-bond acceptors (Lipinski definition) is 3. The fraction of sp³-hybridized carbons (Fsp3) is 0.111. The van der Waals surface area contributed by atoms with Gasteiger partial charge in [-0.15, -0.1) is 11.3 Å². The van der Waals surface area contributed by atoms with E-state index in [-0.39, 0.29) is 5.82 Å². The average Bonchev–Trinajstić information content (AvgIpc) is 2.68. The summed E-state index contributed by atoms with van der Waals surface area (Å²) in [4.78, 5) is 17.2. The molecular formula is C9H5F3N2OS. The Morgan fingerprint density at radius 1 is 1.38 bits per heavy atom. The molecule has 2 heterocycles. The average molecular weight is 246 g/mol. The van der Waals surface area contributed by atoms with E-state index in [1.165, 1.54) is 11.3 Å². The fourth-order valence-electron chi connectivity index (χ4n) is 1.13. The van der Waals surface area contributed by atoms with Crippen LogP contribution in [0.5, 0.6) is 0 Å². The maximum atomic E-state index is 12.4. The molecule has 0 atom stereocenters. The molecule has 0 fully saturated rings. The lowest BCUT2D eigenvalue weighted by Gasteiger charge is -2.05. The maximum Gasteiger partial charge on any atom is 0.433 e. The van der Waals surface area contributed by atoms with Crippen LogP contribution < -0.4 is 5.56 Å². The maximum absolute atomic E-state index is 12.4. The van der Waals surface area contributed by atoms with Gasteiger partial charge in [-0.2, -0.15) is 13.2 Å². The van der Waals surface area contributed by atoms with Crippen molar-refractivity contribution in [3.63, 3.8) is 0 Å². The minimum atomic E-state index is -4.61. The van der Waals surface area contributed by atoms with Crippen molar-refractivity contribution < 1.29 is 13.2 Å². The van der Waals surface area contributed by atoms with Gasteiger partial charge in [0, 0.05) is 6.07 Å². The SMILES string of the molecule is O=c1cc(C(F)(F)F)nc(-c2cccs2)[nH]1. The Morgan fingerprint density at radius 3 is 2.69 bits per heavy atom. The highest BCUT2D eigenvalue weighted by Gasteiger charge is 2.33. The van der Waals surface area contributed by atoms with Crippen LogP contribution in [0.2, 0.25) is 0 Å². The Kier molecular flexibility index (Phi) is 2.55. The van der Waals surface area contributed by atoms with Crippen molar-refractivity contribution in [3.8, 4) is 10.7 Å². The molecule has 1 N–H and O–H groups in total. The van der Waals surface area contributed by atoms with E-state index in [0.29, 0.717) is 10.9 Å². The topological polar surface area (TPSA) is 45.8 Å². The van der Waals surface area contributed by atoms with E-state index in [4.69, 9.17) is 0 Å². The molecule has 0 bridgehead atoms. The molecule has 0 aromatic carbocycles. The van der Waals surface area contributed by atoms with Crippen molar-refractivity contribution in [2.24, 2.45) is 0 Å². The quantitative estimate of drug-likeness (QED) is 0.840. The minimum absolute atomic E-state index is 0.0603. The number of thiophene rings is 1. The van der Waals surface area contributed by atoms with Gasteiger partial charge >= 0.3 is 6.18 Å². The van der Waals surface area contributed by atoms with Gasteiger partial charge in [-0.1, -0.05) is 6.07 Å². The van der Waals surface area contributed by atoms with Gasteiger partial charge in [0.2, 0.25) is 0 Å². The summed E-state index contributed by atoms with van der Waals surface area (Å²) < 4.78 is 37.1. The Morgan fingerprint density at radius 2 is 2.12 bits per heavy atom. The van der Waals surface area contributed by atoms with E-state index in [1.807, 2.05) is 0 Å². The van der Waals surface area contributed by atoms with Crippen LogP contribution in [0.25, 0.3) is 10.7 Å². The Labute approximate surface area is 91.6 Å². The molecule has 0 saturated heterocycles. The van der Waals surface area contributed by atoms with Crippen LogP contribution in [-0.2, 0) is 6.18 Å². The Bertz CT molecular complexity index is 545. The molecule has 0 aliphatic carbocycles. The van der Waals surface area contributed by atoms with Crippen LogP contribution in [0.4, 0.5) is 13.2 Å². The van der Waals surface area contributed by atoms with Gasteiger partial charge < -0.3 is 4.98 Å². The summed E-state index contributed by atoms with van der Waals surface area (Å²) in [5.74, 6) is -0.0603. The van der Waals surface area contributed by atoms with Gasteiger partial charge in [-0.3, -0.25) is 4.79 Å². The zero-order valence-corrected chi connectivity index (χ0v) is 8.52. The molecule has 0 saturated carbocycles. The number of rotatable bonds is 1. The molecule has 16 heavy (non-hydrogen) atoms. The van der Waals surface area contributed by atoms with E-state index in [9.17, 15) is 18.0 Å². The summed E-state index contributed by atoms with van der Waals surface area (Å²) in [6.45, 7) is 0. The van der Waals surface area contributed by atoms with E-state index in [2.05, 4.69) is 9.97 Å². The highest BCUT2D eigenvalue weighted by molar-refractivity contribution is 7.13. The molecule has 0 aliphatic heterocycles. The molecule has 7 heteroatoms. The Balaban J connectivity index is 2.57. The van der Waals surface area contributed by atoms with Crippen molar-refractivity contribution in [1.29, 1.82) is 0 Å². The first-order valence-corrected chi connectivity index (χ1v) is 5.07. The lowest BCUT2D eigenvalue weighted by Crippen LogP contribution is -2.16. The van der Waals surface area contributed by atoms with E-state index < -0.39 is 17.4 Å². The van der Waals surface area contributed by atoms with Crippen LogP contribution in [0, 0.1) is 0 Å². The first-order chi connectivity index (χ1) is 7.47. The van der Waals surface area contributed by atoms with Crippen LogP contribution in [0.15, 0.2) is 28.4 Å². The second kappa shape index (κ2) is 3.75. The van der Waals surface area contributed by atoms with Crippen molar-refractivity contribution in [2.45, 2.75) is 6.18 Å². The van der Waals surface area contributed by atoms with Crippen LogP contribution >= 0.6 is 11.3 Å². The number of nitrogens with one attached hydrogen (secondary N) is 1. The predicted molar refractivity (Wildman–Crippen MR) is 53.2 cm³/mol. The van der Waals surface area contributed by atoms with E-state index in [0.717, 1.165) is 0 Å². The van der Waals surface area contributed by atoms with Gasteiger partial charge in [0.15, 0.2) is 11.5 Å². The zero-order valence-electron chi connectivity index (χ0n) is 7.71. The van der Waals surface area contributed by atoms with Crippen molar-refractivity contribution in [2.75, 3.05) is 0 Å². The molecule has 0 aliphatic rings. The normalized spacial score (nSPS) is 11.7. The van der Waals surface area contributed by atoms with E-state index in [1.54, 1.807) is 17.5 Å². The second-order valence-electron chi connectivity index (χ2n) is 2.95. The van der Waals surface area contributed by atoms with Crippen LogP contribution in [-0.4, -0.2) is 9.97 Å². The van der Waals surface area contributed by atoms with Crippen LogP contribution in [0.3, 0.4) is 0 Å². The molecule has 0 radical (unpaired) electrons. The smallest absolute Gasteiger partial charge is 0.306 e. The number of H-pyrrole nitrogens is 1. The van der Waals surface area contributed by atoms with Gasteiger partial charge in [0.1, 0.15) is 0 Å².